The van der Waals surface area contributed by atoms with Gasteiger partial charge in [-0.15, -0.1) is 0 Å². The molecule has 3 nitrogen and oxygen atoms in total. The van der Waals surface area contributed by atoms with Gasteiger partial charge in [0.25, 0.3) is 0 Å². The first kappa shape index (κ1) is 12.1. The van der Waals surface area contributed by atoms with E-state index in [0.717, 1.165) is 11.4 Å². The van der Waals surface area contributed by atoms with Crippen LogP contribution in [0.3, 0.4) is 0 Å². The number of nitrogens with zero attached hydrogens (tertiary/aromatic N) is 2. The highest BCUT2D eigenvalue weighted by Crippen LogP contribution is 2.26. The van der Waals surface area contributed by atoms with Crippen molar-refractivity contribution in [1.29, 1.82) is 0 Å². The summed E-state index contributed by atoms with van der Waals surface area (Å²) in [5.74, 6) is 0.627. The molecule has 0 bridgehead atoms. The minimum Gasteiger partial charge on any atom is -0.372 e. The van der Waals surface area contributed by atoms with Gasteiger partial charge in [0.05, 0.1) is 15.7 Å². The molecule has 0 aromatic carbocycles. The summed E-state index contributed by atoms with van der Waals surface area (Å²) in [7, 11) is 1.77. The first-order valence-electron chi connectivity index (χ1n) is 5.13. The van der Waals surface area contributed by atoms with E-state index in [2.05, 4.69) is 15.3 Å². The van der Waals surface area contributed by atoms with Gasteiger partial charge in [0.2, 0.25) is 0 Å². The molecule has 0 atom stereocenters. The number of hydrogen-bond donors (Lipinski definition) is 1. The highest BCUT2D eigenvalue weighted by molar-refractivity contribution is 6.36. The summed E-state index contributed by atoms with van der Waals surface area (Å²) in [6, 6.07) is 7.44. The first-order valence-corrected chi connectivity index (χ1v) is 5.89. The van der Waals surface area contributed by atoms with E-state index >= 15 is 0 Å². The average molecular weight is 268 g/mol. The smallest absolute Gasteiger partial charge is 0.144 e. The van der Waals surface area contributed by atoms with Crippen LogP contribution in [0.5, 0.6) is 0 Å². The number of aromatic nitrogens is 2. The Bertz CT molecular complexity index is 515. The second kappa shape index (κ2) is 5.34. The molecule has 0 saturated heterocycles. The molecule has 0 spiro atoms. The van der Waals surface area contributed by atoms with E-state index in [-0.39, 0.29) is 0 Å². The van der Waals surface area contributed by atoms with Crippen LogP contribution in [-0.2, 0) is 6.42 Å². The zero-order valence-corrected chi connectivity index (χ0v) is 10.8. The van der Waals surface area contributed by atoms with Crippen LogP contribution in [0.15, 0.2) is 30.5 Å². The van der Waals surface area contributed by atoms with E-state index in [1.54, 1.807) is 19.3 Å². The molecule has 0 aliphatic heterocycles. The van der Waals surface area contributed by atoms with E-state index in [1.165, 1.54) is 0 Å². The summed E-state index contributed by atoms with van der Waals surface area (Å²) >= 11 is 12.1. The second-order valence-electron chi connectivity index (χ2n) is 3.50. The third-order valence-electron chi connectivity index (χ3n) is 2.31. The van der Waals surface area contributed by atoms with Crippen LogP contribution in [0.4, 0.5) is 5.82 Å². The highest BCUT2D eigenvalue weighted by atomic mass is 35.5. The third kappa shape index (κ3) is 2.87. The van der Waals surface area contributed by atoms with Crippen molar-refractivity contribution < 1.29 is 0 Å². The average Bonchev–Trinajstić information content (AvgIpc) is 2.34. The largest absolute Gasteiger partial charge is 0.372 e. The van der Waals surface area contributed by atoms with Crippen molar-refractivity contribution in [1.82, 2.24) is 9.97 Å². The zero-order chi connectivity index (χ0) is 12.3. The molecule has 0 unspecified atom stereocenters. The van der Waals surface area contributed by atoms with Crippen molar-refractivity contribution in [2.75, 3.05) is 12.4 Å². The lowest BCUT2D eigenvalue weighted by Gasteiger charge is -2.08. The van der Waals surface area contributed by atoms with Gasteiger partial charge in [-0.1, -0.05) is 29.3 Å². The van der Waals surface area contributed by atoms with Gasteiger partial charge in [0.15, 0.2) is 0 Å². The Morgan fingerprint density at radius 3 is 2.71 bits per heavy atom. The Morgan fingerprint density at radius 2 is 2.06 bits per heavy atom. The molecule has 0 radical (unpaired) electrons. The van der Waals surface area contributed by atoms with Crippen LogP contribution < -0.4 is 5.32 Å². The molecule has 0 fully saturated rings. The van der Waals surface area contributed by atoms with Crippen LogP contribution in [0, 0.1) is 0 Å². The molecule has 2 heterocycles. The Labute approximate surface area is 110 Å². The first-order chi connectivity index (χ1) is 8.20. The lowest BCUT2D eigenvalue weighted by molar-refractivity contribution is 1.01. The lowest BCUT2D eigenvalue weighted by Crippen LogP contribution is -2.00. The van der Waals surface area contributed by atoms with Crippen LogP contribution in [0.1, 0.15) is 11.4 Å². The molecule has 2 rings (SSSR count). The number of hydrogen-bond acceptors (Lipinski definition) is 3. The number of rotatable bonds is 3. The molecule has 2 aromatic heterocycles. The Kier molecular flexibility index (Phi) is 3.82. The zero-order valence-electron chi connectivity index (χ0n) is 9.24. The predicted octanol–water partition coefficient (Wildman–Crippen LogP) is 3.42. The number of pyridine rings is 2. The quantitative estimate of drug-likeness (QED) is 0.926. The van der Waals surface area contributed by atoms with Crippen molar-refractivity contribution >= 4 is 29.0 Å². The summed E-state index contributed by atoms with van der Waals surface area (Å²) in [4.78, 5) is 8.61. The van der Waals surface area contributed by atoms with Crippen LogP contribution in [0.25, 0.3) is 0 Å². The number of nitrogens with one attached hydrogen (secondary N) is 1. The minimum atomic E-state index is 0.516. The predicted molar refractivity (Wildman–Crippen MR) is 70.8 cm³/mol. The van der Waals surface area contributed by atoms with Gasteiger partial charge in [-0.2, -0.15) is 0 Å². The topological polar surface area (TPSA) is 37.8 Å². The maximum atomic E-state index is 6.11. The fraction of sp³-hybridized carbons (Fsp3) is 0.167. The Balaban J connectivity index is 2.33. The summed E-state index contributed by atoms with van der Waals surface area (Å²) < 4.78 is 0. The van der Waals surface area contributed by atoms with E-state index < -0.39 is 0 Å². The van der Waals surface area contributed by atoms with E-state index in [9.17, 15) is 0 Å². The number of halogens is 2. The molecule has 1 N–H and O–H groups in total. The molecular weight excluding hydrogens is 257 g/mol. The molecule has 0 saturated carbocycles. The Morgan fingerprint density at radius 1 is 1.24 bits per heavy atom. The van der Waals surface area contributed by atoms with Crippen molar-refractivity contribution in [3.8, 4) is 0 Å². The van der Waals surface area contributed by atoms with E-state index in [0.29, 0.717) is 22.3 Å². The van der Waals surface area contributed by atoms with Crippen LogP contribution in [0.2, 0.25) is 10.0 Å². The fourth-order valence-corrected chi connectivity index (χ4v) is 2.00. The normalized spacial score (nSPS) is 10.3. The molecule has 5 heteroatoms. The fourth-order valence-electron chi connectivity index (χ4n) is 1.48. The van der Waals surface area contributed by atoms with Gasteiger partial charge in [-0.3, -0.25) is 4.98 Å². The standard InChI is InChI=1S/C12H11Cl2N3/c1-15-12-10(14)7-9(13)11(17-12)6-8-4-2-3-5-16-8/h2-5,7H,6H2,1H3,(H,15,17). The van der Waals surface area contributed by atoms with Gasteiger partial charge in [-0.25, -0.2) is 4.98 Å². The summed E-state index contributed by atoms with van der Waals surface area (Å²) in [6.07, 6.45) is 2.34. The molecule has 0 aliphatic carbocycles. The van der Waals surface area contributed by atoms with Crippen LogP contribution in [-0.4, -0.2) is 17.0 Å². The monoisotopic (exact) mass is 267 g/mol. The SMILES string of the molecule is CNc1nc(Cc2ccccn2)c(Cl)cc1Cl. The highest BCUT2D eigenvalue weighted by Gasteiger charge is 2.09. The number of anilines is 1. The van der Waals surface area contributed by atoms with Gasteiger partial charge in [0.1, 0.15) is 5.82 Å². The van der Waals surface area contributed by atoms with Gasteiger partial charge >= 0.3 is 0 Å². The van der Waals surface area contributed by atoms with Gasteiger partial charge in [0, 0.05) is 25.4 Å². The molecule has 0 amide bonds. The lowest BCUT2D eigenvalue weighted by atomic mass is 10.2. The molecular formula is C12H11Cl2N3. The summed E-state index contributed by atoms with van der Waals surface area (Å²) in [5.41, 5.74) is 1.69. The second-order valence-corrected chi connectivity index (χ2v) is 4.31. The van der Waals surface area contributed by atoms with Gasteiger partial charge in [-0.05, 0) is 18.2 Å². The maximum absolute atomic E-state index is 6.11. The molecule has 88 valence electrons. The van der Waals surface area contributed by atoms with Crippen molar-refractivity contribution in [3.05, 3.63) is 51.9 Å². The Hall–Kier alpha value is -1.32. The van der Waals surface area contributed by atoms with E-state index in [1.807, 2.05) is 18.2 Å². The van der Waals surface area contributed by atoms with E-state index in [4.69, 9.17) is 23.2 Å². The van der Waals surface area contributed by atoms with Crippen molar-refractivity contribution in [2.45, 2.75) is 6.42 Å². The molecule has 2 aromatic rings. The van der Waals surface area contributed by atoms with Crippen molar-refractivity contribution in [3.63, 3.8) is 0 Å². The molecule has 0 aliphatic rings. The summed E-state index contributed by atoms with van der Waals surface area (Å²) in [5, 5.41) is 4.00. The van der Waals surface area contributed by atoms with Gasteiger partial charge < -0.3 is 5.32 Å². The maximum Gasteiger partial charge on any atom is 0.144 e. The third-order valence-corrected chi connectivity index (χ3v) is 2.93. The van der Waals surface area contributed by atoms with Crippen molar-refractivity contribution in [2.24, 2.45) is 0 Å². The summed E-state index contributed by atoms with van der Waals surface area (Å²) in [6.45, 7) is 0. The minimum absolute atomic E-state index is 0.516. The molecule has 17 heavy (non-hydrogen) atoms. The van der Waals surface area contributed by atoms with Crippen LogP contribution >= 0.6 is 23.2 Å².